The fraction of sp³-hybridized carbons (Fsp3) is 1.00. The topological polar surface area (TPSA) is 9.23 Å². The molecule has 14 heavy (non-hydrogen) atoms. The molecule has 1 nitrogen and oxygen atoms in total. The highest BCUT2D eigenvalue weighted by molar-refractivity contribution is 7.98. The first-order chi connectivity index (χ1) is 6.58. The van der Waals surface area contributed by atoms with E-state index in [1.807, 2.05) is 18.9 Å². The third kappa shape index (κ3) is 1.13. The average Bonchev–Trinajstić information content (AvgIpc) is 2.51. The number of hydrogen-bond donors (Lipinski definition) is 0. The molecule has 0 aliphatic heterocycles. The van der Waals surface area contributed by atoms with E-state index < -0.39 is 0 Å². The predicted molar refractivity (Wildman–Crippen MR) is 62.7 cm³/mol. The van der Waals surface area contributed by atoms with Crippen molar-refractivity contribution < 1.29 is 4.74 Å². The molecule has 2 heteroatoms. The number of ether oxygens (including phenoxy) is 1. The van der Waals surface area contributed by atoms with Crippen LogP contribution in [-0.2, 0) is 4.74 Å². The smallest absolute Gasteiger partial charge is 0.0643 e. The molecular weight excluding hydrogens is 192 g/mol. The van der Waals surface area contributed by atoms with E-state index in [4.69, 9.17) is 4.74 Å². The van der Waals surface area contributed by atoms with Crippen LogP contribution in [0.1, 0.15) is 33.1 Å². The van der Waals surface area contributed by atoms with Crippen molar-refractivity contribution in [1.29, 1.82) is 0 Å². The van der Waals surface area contributed by atoms with E-state index in [2.05, 4.69) is 20.1 Å². The minimum atomic E-state index is 0.464. The first-order valence-corrected chi connectivity index (χ1v) is 6.99. The van der Waals surface area contributed by atoms with Gasteiger partial charge < -0.3 is 4.74 Å². The monoisotopic (exact) mass is 214 g/mol. The van der Waals surface area contributed by atoms with E-state index in [9.17, 15) is 0 Å². The molecule has 2 saturated carbocycles. The molecule has 2 rings (SSSR count). The predicted octanol–water partition coefficient (Wildman–Crippen LogP) is 3.19. The fourth-order valence-electron chi connectivity index (χ4n) is 3.92. The summed E-state index contributed by atoms with van der Waals surface area (Å²) in [6.45, 7) is 4.92. The van der Waals surface area contributed by atoms with Gasteiger partial charge in [-0.2, -0.15) is 11.8 Å². The van der Waals surface area contributed by atoms with Crippen molar-refractivity contribution in [3.8, 4) is 0 Å². The summed E-state index contributed by atoms with van der Waals surface area (Å²) in [7, 11) is 1.89. The summed E-state index contributed by atoms with van der Waals surface area (Å²) in [6, 6.07) is 0. The van der Waals surface area contributed by atoms with Crippen molar-refractivity contribution in [3.63, 3.8) is 0 Å². The summed E-state index contributed by atoms with van der Waals surface area (Å²) in [6.07, 6.45) is 6.84. The first kappa shape index (κ1) is 10.8. The van der Waals surface area contributed by atoms with Gasteiger partial charge in [-0.05, 0) is 36.9 Å². The van der Waals surface area contributed by atoms with E-state index in [1.54, 1.807) is 0 Å². The molecule has 82 valence electrons. The van der Waals surface area contributed by atoms with Gasteiger partial charge >= 0.3 is 0 Å². The van der Waals surface area contributed by atoms with E-state index >= 15 is 0 Å². The van der Waals surface area contributed by atoms with Crippen LogP contribution in [0, 0.1) is 16.7 Å². The van der Waals surface area contributed by atoms with Crippen LogP contribution in [0.3, 0.4) is 0 Å². The van der Waals surface area contributed by atoms with Crippen LogP contribution in [0.4, 0.5) is 0 Å². The van der Waals surface area contributed by atoms with Crippen molar-refractivity contribution >= 4 is 11.8 Å². The zero-order valence-electron chi connectivity index (χ0n) is 9.80. The van der Waals surface area contributed by atoms with Crippen molar-refractivity contribution in [2.75, 3.05) is 19.1 Å². The maximum absolute atomic E-state index is 5.72. The lowest BCUT2D eigenvalue weighted by atomic mass is 9.69. The molecular formula is C12H22OS. The molecule has 2 bridgehead atoms. The van der Waals surface area contributed by atoms with Crippen molar-refractivity contribution in [2.45, 2.75) is 39.2 Å². The Morgan fingerprint density at radius 2 is 2.14 bits per heavy atom. The second-order valence-corrected chi connectivity index (χ2v) is 6.37. The van der Waals surface area contributed by atoms with Crippen LogP contribution < -0.4 is 0 Å². The summed E-state index contributed by atoms with van der Waals surface area (Å²) in [4.78, 5) is 0. The minimum absolute atomic E-state index is 0.464. The molecule has 0 aromatic carbocycles. The highest BCUT2D eigenvalue weighted by Crippen LogP contribution is 2.67. The highest BCUT2D eigenvalue weighted by atomic mass is 32.2. The van der Waals surface area contributed by atoms with Gasteiger partial charge in [0.2, 0.25) is 0 Å². The number of rotatable bonds is 3. The second kappa shape index (κ2) is 3.41. The SMILES string of the molecule is CO[C@H]1C[C@H]2CC[C@@]1(CSC)C2(C)C. The number of fused-ring (bicyclic) bond motifs is 2. The van der Waals surface area contributed by atoms with Crippen LogP contribution in [0.15, 0.2) is 0 Å². The van der Waals surface area contributed by atoms with Gasteiger partial charge in [0.05, 0.1) is 6.10 Å². The normalized spacial score (nSPS) is 44.6. The van der Waals surface area contributed by atoms with Gasteiger partial charge in [-0.15, -0.1) is 0 Å². The molecule has 0 aromatic heterocycles. The summed E-state index contributed by atoms with van der Waals surface area (Å²) >= 11 is 1.99. The summed E-state index contributed by atoms with van der Waals surface area (Å²) < 4.78 is 5.72. The number of methoxy groups -OCH3 is 1. The Morgan fingerprint density at radius 3 is 2.64 bits per heavy atom. The molecule has 2 aliphatic rings. The Bertz CT molecular complexity index is 226. The minimum Gasteiger partial charge on any atom is -0.381 e. The molecule has 0 radical (unpaired) electrons. The van der Waals surface area contributed by atoms with E-state index in [-0.39, 0.29) is 0 Å². The summed E-state index contributed by atoms with van der Waals surface area (Å²) in [5, 5.41) is 0. The van der Waals surface area contributed by atoms with Crippen molar-refractivity contribution in [2.24, 2.45) is 16.7 Å². The maximum atomic E-state index is 5.72. The summed E-state index contributed by atoms with van der Waals surface area (Å²) in [5.41, 5.74) is 0.961. The largest absolute Gasteiger partial charge is 0.381 e. The Balaban J connectivity index is 2.30. The molecule has 0 saturated heterocycles. The molecule has 0 N–H and O–H groups in total. The van der Waals surface area contributed by atoms with Gasteiger partial charge in [0.1, 0.15) is 0 Å². The number of hydrogen-bond acceptors (Lipinski definition) is 2. The Labute approximate surface area is 92.0 Å². The van der Waals surface area contributed by atoms with E-state index in [0.29, 0.717) is 16.9 Å². The van der Waals surface area contributed by atoms with E-state index in [0.717, 1.165) is 5.92 Å². The van der Waals surface area contributed by atoms with Crippen LogP contribution in [0.2, 0.25) is 0 Å². The molecule has 2 fully saturated rings. The molecule has 0 unspecified atom stereocenters. The molecule has 0 amide bonds. The van der Waals surface area contributed by atoms with Gasteiger partial charge in [0.15, 0.2) is 0 Å². The van der Waals surface area contributed by atoms with Crippen molar-refractivity contribution in [3.05, 3.63) is 0 Å². The zero-order valence-corrected chi connectivity index (χ0v) is 10.6. The van der Waals surface area contributed by atoms with Crippen LogP contribution in [0.5, 0.6) is 0 Å². The standard InChI is InChI=1S/C12H22OS/c1-11(2)9-5-6-12(11,8-14-4)10(7-9)13-3/h9-10H,5-8H2,1-4H3/t9-,10+,12+/m1/s1. The fourth-order valence-corrected chi connectivity index (χ4v) is 5.14. The van der Waals surface area contributed by atoms with Crippen LogP contribution in [-0.4, -0.2) is 25.2 Å². The van der Waals surface area contributed by atoms with Crippen LogP contribution >= 0.6 is 11.8 Å². The Morgan fingerprint density at radius 1 is 1.43 bits per heavy atom. The maximum Gasteiger partial charge on any atom is 0.0643 e. The Kier molecular flexibility index (Phi) is 2.64. The third-order valence-corrected chi connectivity index (χ3v) is 5.85. The number of thioether (sulfide) groups is 1. The quantitative estimate of drug-likeness (QED) is 0.713. The lowest BCUT2D eigenvalue weighted by molar-refractivity contribution is -0.0166. The summed E-state index contributed by atoms with van der Waals surface area (Å²) in [5.74, 6) is 2.18. The lowest BCUT2D eigenvalue weighted by Crippen LogP contribution is -2.41. The molecule has 2 aliphatic carbocycles. The lowest BCUT2D eigenvalue weighted by Gasteiger charge is -2.41. The van der Waals surface area contributed by atoms with Crippen LogP contribution in [0.25, 0.3) is 0 Å². The first-order valence-electron chi connectivity index (χ1n) is 5.60. The molecule has 0 spiro atoms. The Hall–Kier alpha value is 0.310. The third-order valence-electron chi connectivity index (χ3n) is 5.04. The van der Waals surface area contributed by atoms with Gasteiger partial charge in [0.25, 0.3) is 0 Å². The van der Waals surface area contributed by atoms with Gasteiger partial charge in [0, 0.05) is 18.3 Å². The molecule has 0 heterocycles. The average molecular weight is 214 g/mol. The van der Waals surface area contributed by atoms with Gasteiger partial charge in [-0.3, -0.25) is 0 Å². The molecule has 0 aromatic rings. The van der Waals surface area contributed by atoms with Crippen molar-refractivity contribution in [1.82, 2.24) is 0 Å². The zero-order chi connectivity index (χ0) is 10.4. The molecule has 3 atom stereocenters. The van der Waals surface area contributed by atoms with Gasteiger partial charge in [-0.1, -0.05) is 13.8 Å². The highest BCUT2D eigenvalue weighted by Gasteiger charge is 2.63. The second-order valence-electron chi connectivity index (χ2n) is 5.51. The van der Waals surface area contributed by atoms with Gasteiger partial charge in [-0.25, -0.2) is 0 Å². The van der Waals surface area contributed by atoms with E-state index in [1.165, 1.54) is 25.0 Å².